The first-order chi connectivity index (χ1) is 9.80. The Kier molecular flexibility index (Phi) is 4.45. The number of carbonyl (C=O) groups excluding carboxylic acids is 1. The molecular weight excluding hydrogens is 264 g/mol. The van der Waals surface area contributed by atoms with Crippen LogP contribution in [-0.2, 0) is 4.74 Å². The predicted octanol–water partition coefficient (Wildman–Crippen LogP) is 3.68. The van der Waals surface area contributed by atoms with E-state index in [1.165, 1.54) is 13.5 Å². The Morgan fingerprint density at radius 3 is 2.67 bits per heavy atom. The average Bonchev–Trinajstić information content (AvgIpc) is 2.37. The number of hydrogen-bond donors (Lipinski definition) is 2. The van der Waals surface area contributed by atoms with E-state index in [1.54, 1.807) is 12.1 Å². The normalized spacial score (nSPS) is 24.4. The van der Waals surface area contributed by atoms with Crippen LogP contribution < -0.4 is 11.1 Å². The maximum absolute atomic E-state index is 11.5. The van der Waals surface area contributed by atoms with Gasteiger partial charge in [-0.3, -0.25) is 0 Å². The topological polar surface area (TPSA) is 64.3 Å². The van der Waals surface area contributed by atoms with E-state index in [-0.39, 0.29) is 5.97 Å². The molecule has 2 atom stereocenters. The molecule has 116 valence electrons. The minimum atomic E-state index is -0.360. The molecule has 0 aliphatic heterocycles. The molecule has 0 spiro atoms. The molecule has 1 saturated carbocycles. The van der Waals surface area contributed by atoms with E-state index in [0.717, 1.165) is 18.5 Å². The van der Waals surface area contributed by atoms with Crippen LogP contribution >= 0.6 is 0 Å². The van der Waals surface area contributed by atoms with Crippen LogP contribution in [0.15, 0.2) is 18.2 Å². The van der Waals surface area contributed by atoms with Gasteiger partial charge in [0, 0.05) is 6.04 Å². The van der Waals surface area contributed by atoms with Crippen LogP contribution in [0, 0.1) is 11.3 Å². The number of nitrogens with two attached hydrogens (primary N) is 1. The number of nitrogens with one attached hydrogen (secondary N) is 1. The third-order valence-electron chi connectivity index (χ3n) is 4.22. The maximum Gasteiger partial charge on any atom is 0.337 e. The summed E-state index contributed by atoms with van der Waals surface area (Å²) < 4.78 is 4.71. The zero-order valence-electron chi connectivity index (χ0n) is 13.4. The van der Waals surface area contributed by atoms with Crippen molar-refractivity contribution in [1.82, 2.24) is 0 Å². The Morgan fingerprint density at radius 2 is 2.10 bits per heavy atom. The van der Waals surface area contributed by atoms with Gasteiger partial charge in [-0.1, -0.05) is 20.8 Å². The molecule has 1 aliphatic carbocycles. The van der Waals surface area contributed by atoms with Crippen molar-refractivity contribution >= 4 is 17.3 Å². The predicted molar refractivity (Wildman–Crippen MR) is 86.4 cm³/mol. The van der Waals surface area contributed by atoms with Gasteiger partial charge < -0.3 is 15.8 Å². The molecule has 3 N–H and O–H groups in total. The third-order valence-corrected chi connectivity index (χ3v) is 4.22. The molecule has 0 amide bonds. The van der Waals surface area contributed by atoms with Crippen molar-refractivity contribution in [3.05, 3.63) is 23.8 Å². The molecule has 0 radical (unpaired) electrons. The highest BCUT2D eigenvalue weighted by Gasteiger charge is 2.32. The molecule has 4 nitrogen and oxygen atoms in total. The Bertz CT molecular complexity index is 526. The van der Waals surface area contributed by atoms with Crippen molar-refractivity contribution in [3.8, 4) is 0 Å². The number of hydrogen-bond acceptors (Lipinski definition) is 4. The van der Waals surface area contributed by atoms with Crippen LogP contribution in [0.1, 0.15) is 50.4 Å². The molecule has 4 heteroatoms. The molecule has 2 rings (SSSR count). The van der Waals surface area contributed by atoms with Crippen molar-refractivity contribution in [3.63, 3.8) is 0 Å². The van der Waals surface area contributed by atoms with Gasteiger partial charge in [-0.05, 0) is 48.8 Å². The summed E-state index contributed by atoms with van der Waals surface area (Å²) in [5.74, 6) is 0.350. The van der Waals surface area contributed by atoms with E-state index in [0.29, 0.717) is 28.6 Å². The monoisotopic (exact) mass is 290 g/mol. The molecule has 0 saturated heterocycles. The van der Waals surface area contributed by atoms with E-state index >= 15 is 0 Å². The largest absolute Gasteiger partial charge is 0.465 e. The summed E-state index contributed by atoms with van der Waals surface area (Å²) in [5, 5.41) is 3.54. The molecule has 1 aliphatic rings. The highest BCUT2D eigenvalue weighted by molar-refractivity contribution is 5.91. The Morgan fingerprint density at radius 1 is 1.38 bits per heavy atom. The van der Waals surface area contributed by atoms with Crippen LogP contribution in [-0.4, -0.2) is 19.1 Å². The van der Waals surface area contributed by atoms with Gasteiger partial charge in [0.1, 0.15) is 0 Å². The SMILES string of the molecule is COC(=O)c1ccc(N[C@H]2C[C@@H](C)CC(C)(C)C2)c(N)c1. The first-order valence-electron chi connectivity index (χ1n) is 7.55. The van der Waals surface area contributed by atoms with Crippen molar-refractivity contribution in [2.75, 3.05) is 18.2 Å². The zero-order valence-corrected chi connectivity index (χ0v) is 13.4. The van der Waals surface area contributed by atoms with E-state index in [2.05, 4.69) is 26.1 Å². The van der Waals surface area contributed by atoms with Crippen molar-refractivity contribution in [2.24, 2.45) is 11.3 Å². The van der Waals surface area contributed by atoms with Crippen LogP contribution in [0.3, 0.4) is 0 Å². The average molecular weight is 290 g/mol. The van der Waals surface area contributed by atoms with Gasteiger partial charge in [0.2, 0.25) is 0 Å². The van der Waals surface area contributed by atoms with E-state index in [1.807, 2.05) is 6.07 Å². The fourth-order valence-corrected chi connectivity index (χ4v) is 3.61. The molecular formula is C17H26N2O2. The summed E-state index contributed by atoms with van der Waals surface area (Å²) in [6, 6.07) is 5.72. The first-order valence-corrected chi connectivity index (χ1v) is 7.55. The minimum Gasteiger partial charge on any atom is -0.465 e. The summed E-state index contributed by atoms with van der Waals surface area (Å²) >= 11 is 0. The van der Waals surface area contributed by atoms with Crippen molar-refractivity contribution < 1.29 is 9.53 Å². The van der Waals surface area contributed by atoms with E-state index in [9.17, 15) is 4.79 Å². The molecule has 1 aromatic rings. The minimum absolute atomic E-state index is 0.357. The second-order valence-electron chi connectivity index (χ2n) is 7.05. The Labute approximate surface area is 127 Å². The highest BCUT2D eigenvalue weighted by atomic mass is 16.5. The number of benzene rings is 1. The quantitative estimate of drug-likeness (QED) is 0.658. The smallest absolute Gasteiger partial charge is 0.337 e. The molecule has 0 aromatic heterocycles. The number of esters is 1. The lowest BCUT2D eigenvalue weighted by atomic mass is 9.70. The summed E-state index contributed by atoms with van der Waals surface area (Å²) in [5.41, 5.74) is 8.40. The highest BCUT2D eigenvalue weighted by Crippen LogP contribution is 2.40. The third kappa shape index (κ3) is 3.90. The van der Waals surface area contributed by atoms with Gasteiger partial charge in [-0.15, -0.1) is 0 Å². The zero-order chi connectivity index (χ0) is 15.6. The van der Waals surface area contributed by atoms with Crippen molar-refractivity contribution in [1.29, 1.82) is 0 Å². The lowest BCUT2D eigenvalue weighted by molar-refractivity contribution is 0.0601. The van der Waals surface area contributed by atoms with Gasteiger partial charge in [-0.2, -0.15) is 0 Å². The van der Waals surface area contributed by atoms with Crippen LogP contribution in [0.2, 0.25) is 0 Å². The van der Waals surface area contributed by atoms with Gasteiger partial charge in [0.15, 0.2) is 0 Å². The Balaban J connectivity index is 2.11. The lowest BCUT2D eigenvalue weighted by Gasteiger charge is -2.39. The van der Waals surface area contributed by atoms with Crippen LogP contribution in [0.4, 0.5) is 11.4 Å². The number of anilines is 2. The molecule has 0 unspecified atom stereocenters. The summed E-state index contributed by atoms with van der Waals surface area (Å²) in [4.78, 5) is 11.5. The number of rotatable bonds is 3. The summed E-state index contributed by atoms with van der Waals surface area (Å²) in [6.45, 7) is 6.95. The number of ether oxygens (including phenoxy) is 1. The van der Waals surface area contributed by atoms with Gasteiger partial charge in [0.05, 0.1) is 24.0 Å². The first kappa shape index (κ1) is 15.7. The number of nitrogen functional groups attached to an aromatic ring is 1. The summed E-state index contributed by atoms with van der Waals surface area (Å²) in [7, 11) is 1.37. The molecule has 1 fully saturated rings. The van der Waals surface area contributed by atoms with E-state index < -0.39 is 0 Å². The lowest BCUT2D eigenvalue weighted by Crippen LogP contribution is -2.35. The molecule has 21 heavy (non-hydrogen) atoms. The number of carbonyl (C=O) groups is 1. The molecule has 1 aromatic carbocycles. The number of methoxy groups -OCH3 is 1. The van der Waals surface area contributed by atoms with Crippen LogP contribution in [0.25, 0.3) is 0 Å². The van der Waals surface area contributed by atoms with Crippen molar-refractivity contribution in [2.45, 2.75) is 46.1 Å². The van der Waals surface area contributed by atoms with E-state index in [4.69, 9.17) is 10.5 Å². The Hall–Kier alpha value is -1.71. The maximum atomic E-state index is 11.5. The molecule has 0 bridgehead atoms. The van der Waals surface area contributed by atoms with Crippen LogP contribution in [0.5, 0.6) is 0 Å². The fraction of sp³-hybridized carbons (Fsp3) is 0.588. The van der Waals surface area contributed by atoms with Gasteiger partial charge >= 0.3 is 5.97 Å². The van der Waals surface area contributed by atoms with Gasteiger partial charge in [-0.25, -0.2) is 4.79 Å². The second kappa shape index (κ2) is 5.96. The second-order valence-corrected chi connectivity index (χ2v) is 7.05. The summed E-state index contributed by atoms with van der Waals surface area (Å²) in [6.07, 6.45) is 3.55. The fourth-order valence-electron chi connectivity index (χ4n) is 3.61. The van der Waals surface area contributed by atoms with Gasteiger partial charge in [0.25, 0.3) is 0 Å². The standard InChI is InChI=1S/C17H26N2O2/c1-11-7-13(10-17(2,3)9-11)19-15-6-5-12(8-14(15)18)16(20)21-4/h5-6,8,11,13,19H,7,9-10,18H2,1-4H3/t11-,13+/m1/s1. The molecule has 0 heterocycles.